The minimum Gasteiger partial charge on any atom is -0.348 e. The van der Waals surface area contributed by atoms with Crippen molar-refractivity contribution in [3.05, 3.63) is 70.5 Å². The van der Waals surface area contributed by atoms with Gasteiger partial charge in [0.05, 0.1) is 10.6 Å². The van der Waals surface area contributed by atoms with Gasteiger partial charge in [-0.3, -0.25) is 4.79 Å². The van der Waals surface area contributed by atoms with Crippen LogP contribution >= 0.6 is 11.6 Å². The van der Waals surface area contributed by atoms with Gasteiger partial charge in [0.25, 0.3) is 5.91 Å². The minimum absolute atomic E-state index is 0.112. The summed E-state index contributed by atoms with van der Waals surface area (Å²) < 4.78 is 13.5. The number of amides is 1. The van der Waals surface area contributed by atoms with E-state index in [1.807, 2.05) is 30.3 Å². The molecule has 92 valence electrons. The quantitative estimate of drug-likeness (QED) is 0.903. The molecule has 0 spiro atoms. The van der Waals surface area contributed by atoms with Crippen molar-refractivity contribution in [3.63, 3.8) is 0 Å². The molecular formula is C14H11ClFNO. The highest BCUT2D eigenvalue weighted by molar-refractivity contribution is 6.33. The van der Waals surface area contributed by atoms with E-state index in [2.05, 4.69) is 5.32 Å². The molecule has 0 aliphatic heterocycles. The Balaban J connectivity index is 2.09. The van der Waals surface area contributed by atoms with Crippen LogP contribution in [0.1, 0.15) is 15.9 Å². The number of benzene rings is 2. The zero-order valence-corrected chi connectivity index (χ0v) is 10.2. The van der Waals surface area contributed by atoms with Gasteiger partial charge in [-0.1, -0.05) is 48.0 Å². The Bertz CT molecular complexity index is 537. The van der Waals surface area contributed by atoms with Crippen molar-refractivity contribution in [1.29, 1.82) is 0 Å². The maximum atomic E-state index is 13.5. The Morgan fingerprint density at radius 3 is 2.50 bits per heavy atom. The largest absolute Gasteiger partial charge is 0.348 e. The fourth-order valence-electron chi connectivity index (χ4n) is 1.58. The summed E-state index contributed by atoms with van der Waals surface area (Å²) in [7, 11) is 0. The summed E-state index contributed by atoms with van der Waals surface area (Å²) in [5.41, 5.74) is 0.827. The summed E-state index contributed by atoms with van der Waals surface area (Å²) in [5.74, 6) is -1.13. The van der Waals surface area contributed by atoms with Crippen LogP contribution < -0.4 is 5.32 Å². The third-order valence-electron chi connectivity index (χ3n) is 2.49. The van der Waals surface area contributed by atoms with E-state index < -0.39 is 11.7 Å². The van der Waals surface area contributed by atoms with Crippen LogP contribution in [0.2, 0.25) is 5.02 Å². The van der Waals surface area contributed by atoms with Crippen molar-refractivity contribution in [3.8, 4) is 0 Å². The van der Waals surface area contributed by atoms with Crippen molar-refractivity contribution >= 4 is 17.5 Å². The maximum Gasteiger partial charge on any atom is 0.256 e. The molecule has 2 aromatic rings. The lowest BCUT2D eigenvalue weighted by molar-refractivity contribution is 0.0947. The fraction of sp³-hybridized carbons (Fsp3) is 0.0714. The Hall–Kier alpha value is -1.87. The van der Waals surface area contributed by atoms with Crippen molar-refractivity contribution in [2.24, 2.45) is 0 Å². The van der Waals surface area contributed by atoms with E-state index in [0.717, 1.165) is 5.56 Å². The van der Waals surface area contributed by atoms with E-state index in [4.69, 9.17) is 11.6 Å². The molecule has 0 aromatic heterocycles. The van der Waals surface area contributed by atoms with Crippen LogP contribution in [0.25, 0.3) is 0 Å². The zero-order chi connectivity index (χ0) is 13.0. The van der Waals surface area contributed by atoms with Crippen LogP contribution in [0.5, 0.6) is 0 Å². The third kappa shape index (κ3) is 2.87. The summed E-state index contributed by atoms with van der Waals surface area (Å²) in [5, 5.41) is 2.75. The van der Waals surface area contributed by atoms with Crippen LogP contribution in [0, 0.1) is 5.82 Å². The molecule has 2 rings (SSSR count). The molecule has 0 unspecified atom stereocenters. The van der Waals surface area contributed by atoms with E-state index in [1.165, 1.54) is 18.2 Å². The average Bonchev–Trinajstić information content (AvgIpc) is 2.37. The van der Waals surface area contributed by atoms with Crippen molar-refractivity contribution in [2.45, 2.75) is 6.54 Å². The standard InChI is InChI=1S/C14H11ClFNO/c15-11-7-4-8-12(16)13(11)14(18)17-9-10-5-2-1-3-6-10/h1-8H,9H2,(H,17,18). The van der Waals surface area contributed by atoms with E-state index in [1.54, 1.807) is 0 Å². The Morgan fingerprint density at radius 2 is 1.83 bits per heavy atom. The van der Waals surface area contributed by atoms with Crippen molar-refractivity contribution in [1.82, 2.24) is 5.32 Å². The predicted octanol–water partition coefficient (Wildman–Crippen LogP) is 3.41. The monoisotopic (exact) mass is 263 g/mol. The van der Waals surface area contributed by atoms with Gasteiger partial charge < -0.3 is 5.32 Å². The second-order valence-corrected chi connectivity index (χ2v) is 4.17. The topological polar surface area (TPSA) is 29.1 Å². The average molecular weight is 264 g/mol. The molecule has 2 nitrogen and oxygen atoms in total. The minimum atomic E-state index is -0.618. The third-order valence-corrected chi connectivity index (χ3v) is 2.80. The molecule has 0 aliphatic carbocycles. The molecule has 0 saturated carbocycles. The zero-order valence-electron chi connectivity index (χ0n) is 9.49. The highest BCUT2D eigenvalue weighted by atomic mass is 35.5. The first-order chi connectivity index (χ1) is 8.68. The molecular weight excluding hydrogens is 253 g/mol. The van der Waals surface area contributed by atoms with Gasteiger partial charge in [0.2, 0.25) is 0 Å². The molecule has 0 atom stereocenters. The lowest BCUT2D eigenvalue weighted by atomic mass is 10.2. The first-order valence-electron chi connectivity index (χ1n) is 5.44. The Morgan fingerprint density at radius 1 is 1.11 bits per heavy atom. The van der Waals surface area contributed by atoms with Crippen LogP contribution in [0.15, 0.2) is 48.5 Å². The number of carbonyl (C=O) groups is 1. The van der Waals surface area contributed by atoms with Crippen molar-refractivity contribution < 1.29 is 9.18 Å². The number of rotatable bonds is 3. The summed E-state index contributed by atoms with van der Waals surface area (Å²) in [6.45, 7) is 0.338. The van der Waals surface area contributed by atoms with E-state index in [0.29, 0.717) is 6.54 Å². The number of nitrogens with one attached hydrogen (secondary N) is 1. The second-order valence-electron chi connectivity index (χ2n) is 3.76. The van der Waals surface area contributed by atoms with E-state index >= 15 is 0 Å². The van der Waals surface area contributed by atoms with Crippen molar-refractivity contribution in [2.75, 3.05) is 0 Å². The first-order valence-corrected chi connectivity index (χ1v) is 5.82. The predicted molar refractivity (Wildman–Crippen MR) is 69.0 cm³/mol. The second kappa shape index (κ2) is 5.65. The number of carbonyl (C=O) groups excluding carboxylic acids is 1. The SMILES string of the molecule is O=C(NCc1ccccc1)c1c(F)cccc1Cl. The van der Waals surface area contributed by atoms with Gasteiger partial charge in [-0.15, -0.1) is 0 Å². The van der Waals surface area contributed by atoms with Gasteiger partial charge in [-0.25, -0.2) is 4.39 Å². The molecule has 0 heterocycles. The highest BCUT2D eigenvalue weighted by Crippen LogP contribution is 2.18. The smallest absolute Gasteiger partial charge is 0.256 e. The fourth-order valence-corrected chi connectivity index (χ4v) is 1.83. The van der Waals surface area contributed by atoms with Crippen LogP contribution in [-0.2, 0) is 6.54 Å². The van der Waals surface area contributed by atoms with Gasteiger partial charge in [0.15, 0.2) is 0 Å². The maximum absolute atomic E-state index is 13.5. The summed E-state index contributed by atoms with van der Waals surface area (Å²) in [6, 6.07) is 13.6. The van der Waals surface area contributed by atoms with Gasteiger partial charge in [-0.05, 0) is 17.7 Å². The molecule has 0 fully saturated rings. The molecule has 1 N–H and O–H groups in total. The molecule has 4 heteroatoms. The Labute approximate surface area is 109 Å². The molecule has 0 saturated heterocycles. The summed E-state index contributed by atoms with van der Waals surface area (Å²) in [4.78, 5) is 11.8. The molecule has 0 radical (unpaired) electrons. The van der Waals surface area contributed by atoms with Gasteiger partial charge in [0, 0.05) is 6.54 Å². The lowest BCUT2D eigenvalue weighted by Crippen LogP contribution is -2.24. The number of hydrogen-bond donors (Lipinski definition) is 1. The first kappa shape index (κ1) is 12.6. The molecule has 1 amide bonds. The molecule has 2 aromatic carbocycles. The molecule has 0 bridgehead atoms. The Kier molecular flexibility index (Phi) is 3.95. The number of halogens is 2. The number of hydrogen-bond acceptors (Lipinski definition) is 1. The van der Waals surface area contributed by atoms with Gasteiger partial charge >= 0.3 is 0 Å². The van der Waals surface area contributed by atoms with Gasteiger partial charge in [0.1, 0.15) is 5.82 Å². The summed E-state index contributed by atoms with van der Waals surface area (Å²) >= 11 is 5.81. The van der Waals surface area contributed by atoms with Crippen LogP contribution in [-0.4, -0.2) is 5.91 Å². The van der Waals surface area contributed by atoms with Crippen LogP contribution in [0.4, 0.5) is 4.39 Å². The lowest BCUT2D eigenvalue weighted by Gasteiger charge is -2.07. The summed E-state index contributed by atoms with van der Waals surface area (Å²) in [6.07, 6.45) is 0. The molecule has 18 heavy (non-hydrogen) atoms. The van der Waals surface area contributed by atoms with Crippen LogP contribution in [0.3, 0.4) is 0 Å². The van der Waals surface area contributed by atoms with E-state index in [-0.39, 0.29) is 10.6 Å². The van der Waals surface area contributed by atoms with Gasteiger partial charge in [-0.2, -0.15) is 0 Å². The normalized spacial score (nSPS) is 10.1. The molecule has 0 aliphatic rings. The highest BCUT2D eigenvalue weighted by Gasteiger charge is 2.14. The van der Waals surface area contributed by atoms with E-state index in [9.17, 15) is 9.18 Å².